The number of anilines is 1. The fourth-order valence-corrected chi connectivity index (χ4v) is 0.971. The molecule has 0 atom stereocenters. The summed E-state index contributed by atoms with van der Waals surface area (Å²) in [5, 5.41) is 19.1. The fraction of sp³-hybridized carbons (Fsp3) is 0.111. The van der Waals surface area contributed by atoms with E-state index in [4.69, 9.17) is 10.8 Å². The third-order valence-corrected chi connectivity index (χ3v) is 1.82. The number of carboxylic acids is 1. The number of aliphatic imine (C=N–C) groups is 1. The van der Waals surface area contributed by atoms with E-state index in [0.29, 0.717) is 0 Å². The topological polar surface area (TPSA) is 119 Å². The molecule has 0 unspecified atom stereocenters. The number of carboxylic acid groups (broad SMARTS) is 1. The predicted molar refractivity (Wildman–Crippen MR) is 57.9 cm³/mol. The third-order valence-electron chi connectivity index (χ3n) is 1.82. The van der Waals surface area contributed by atoms with Crippen molar-refractivity contribution in [3.8, 4) is 0 Å². The van der Waals surface area contributed by atoms with Crippen molar-refractivity contribution in [1.82, 2.24) is 0 Å². The van der Waals surface area contributed by atoms with Gasteiger partial charge < -0.3 is 10.8 Å². The Kier molecular flexibility index (Phi) is 3.19. The van der Waals surface area contributed by atoms with Gasteiger partial charge in [-0.1, -0.05) is 0 Å². The number of nitro benzene ring substituents is 1. The van der Waals surface area contributed by atoms with Crippen LogP contribution >= 0.6 is 0 Å². The molecule has 16 heavy (non-hydrogen) atoms. The molecule has 0 aliphatic rings. The average Bonchev–Trinajstić information content (AvgIpc) is 2.20. The SMILES string of the molecule is CC(=Nc1cc([N+](=O)[O-])ccc1N)C(=O)O. The van der Waals surface area contributed by atoms with Gasteiger partial charge >= 0.3 is 5.97 Å². The summed E-state index contributed by atoms with van der Waals surface area (Å²) >= 11 is 0. The Hall–Kier alpha value is -2.44. The molecule has 0 spiro atoms. The van der Waals surface area contributed by atoms with Crippen LogP contribution in [0.4, 0.5) is 17.1 Å². The molecule has 0 amide bonds. The Morgan fingerprint density at radius 1 is 1.56 bits per heavy atom. The molecule has 1 aromatic rings. The molecule has 0 aliphatic heterocycles. The molecule has 3 N–H and O–H groups in total. The molecule has 0 bridgehead atoms. The van der Waals surface area contributed by atoms with E-state index in [9.17, 15) is 14.9 Å². The summed E-state index contributed by atoms with van der Waals surface area (Å²) in [5.41, 5.74) is 5.40. The highest BCUT2D eigenvalue weighted by Crippen LogP contribution is 2.27. The Morgan fingerprint density at radius 3 is 2.69 bits per heavy atom. The minimum atomic E-state index is -1.20. The van der Waals surface area contributed by atoms with Crippen LogP contribution in [0.3, 0.4) is 0 Å². The van der Waals surface area contributed by atoms with Gasteiger partial charge in [0.1, 0.15) is 5.71 Å². The van der Waals surface area contributed by atoms with Crippen LogP contribution < -0.4 is 5.73 Å². The first-order valence-corrected chi connectivity index (χ1v) is 4.24. The molecule has 7 nitrogen and oxygen atoms in total. The van der Waals surface area contributed by atoms with Gasteiger partial charge in [-0.25, -0.2) is 9.79 Å². The van der Waals surface area contributed by atoms with Crippen LogP contribution in [0.2, 0.25) is 0 Å². The second kappa shape index (κ2) is 4.39. The highest BCUT2D eigenvalue weighted by atomic mass is 16.6. The first-order chi connectivity index (χ1) is 7.41. The molecule has 0 heterocycles. The summed E-state index contributed by atoms with van der Waals surface area (Å²) in [4.78, 5) is 24.1. The predicted octanol–water partition coefficient (Wildman–Crippen LogP) is 1.35. The lowest BCUT2D eigenvalue weighted by Crippen LogP contribution is -2.07. The van der Waals surface area contributed by atoms with E-state index in [2.05, 4.69) is 4.99 Å². The number of non-ortho nitro benzene ring substituents is 1. The van der Waals surface area contributed by atoms with E-state index in [1.54, 1.807) is 0 Å². The molecule has 0 radical (unpaired) electrons. The number of carbonyl (C=O) groups is 1. The molecule has 0 saturated heterocycles. The van der Waals surface area contributed by atoms with Crippen LogP contribution in [0.1, 0.15) is 6.92 Å². The Balaban J connectivity index is 3.23. The van der Waals surface area contributed by atoms with Crippen LogP contribution in [0.15, 0.2) is 23.2 Å². The number of nitro groups is 1. The molecule has 0 aromatic heterocycles. The number of rotatable bonds is 3. The smallest absolute Gasteiger partial charge is 0.349 e. The number of nitrogens with zero attached hydrogens (tertiary/aromatic N) is 2. The minimum absolute atomic E-state index is 0.0779. The molecule has 84 valence electrons. The van der Waals surface area contributed by atoms with E-state index < -0.39 is 10.9 Å². The first-order valence-electron chi connectivity index (χ1n) is 4.24. The Morgan fingerprint density at radius 2 is 2.19 bits per heavy atom. The fourth-order valence-electron chi connectivity index (χ4n) is 0.971. The van der Waals surface area contributed by atoms with E-state index in [1.165, 1.54) is 19.1 Å². The molecule has 1 rings (SSSR count). The van der Waals surface area contributed by atoms with Crippen molar-refractivity contribution < 1.29 is 14.8 Å². The summed E-state index contributed by atoms with van der Waals surface area (Å²) in [5.74, 6) is -1.20. The van der Waals surface area contributed by atoms with Gasteiger partial charge in [0.15, 0.2) is 0 Å². The lowest BCUT2D eigenvalue weighted by Gasteiger charge is -2.00. The van der Waals surface area contributed by atoms with Gasteiger partial charge in [0.05, 0.1) is 16.3 Å². The van der Waals surface area contributed by atoms with Crippen LogP contribution in [0.5, 0.6) is 0 Å². The summed E-state index contributed by atoms with van der Waals surface area (Å²) in [6.45, 7) is 1.28. The highest BCUT2D eigenvalue weighted by Gasteiger charge is 2.10. The van der Waals surface area contributed by atoms with Crippen molar-refractivity contribution in [3.63, 3.8) is 0 Å². The van der Waals surface area contributed by atoms with Gasteiger partial charge in [-0.3, -0.25) is 10.1 Å². The van der Waals surface area contributed by atoms with E-state index in [-0.39, 0.29) is 22.8 Å². The van der Waals surface area contributed by atoms with Crippen molar-refractivity contribution in [3.05, 3.63) is 28.3 Å². The van der Waals surface area contributed by atoms with Crippen molar-refractivity contribution in [2.24, 2.45) is 4.99 Å². The quantitative estimate of drug-likeness (QED) is 0.347. The monoisotopic (exact) mass is 223 g/mol. The van der Waals surface area contributed by atoms with Crippen molar-refractivity contribution in [1.29, 1.82) is 0 Å². The number of aliphatic carboxylic acids is 1. The summed E-state index contributed by atoms with van der Waals surface area (Å²) in [7, 11) is 0. The summed E-state index contributed by atoms with van der Waals surface area (Å²) in [6.07, 6.45) is 0. The van der Waals surface area contributed by atoms with Crippen LogP contribution in [-0.2, 0) is 4.79 Å². The lowest BCUT2D eigenvalue weighted by atomic mass is 10.2. The van der Waals surface area contributed by atoms with Gasteiger partial charge in [0, 0.05) is 12.1 Å². The molecule has 0 saturated carbocycles. The van der Waals surface area contributed by atoms with Gasteiger partial charge in [0.2, 0.25) is 0 Å². The molecule has 7 heteroatoms. The third kappa shape index (κ3) is 2.53. The van der Waals surface area contributed by atoms with Gasteiger partial charge in [0.25, 0.3) is 5.69 Å². The van der Waals surface area contributed by atoms with Gasteiger partial charge in [-0.05, 0) is 13.0 Å². The zero-order valence-electron chi connectivity index (χ0n) is 8.38. The minimum Gasteiger partial charge on any atom is -0.477 e. The number of hydrogen-bond donors (Lipinski definition) is 2. The van der Waals surface area contributed by atoms with Gasteiger partial charge in [-0.15, -0.1) is 0 Å². The summed E-state index contributed by atoms with van der Waals surface area (Å²) in [6, 6.07) is 3.67. The van der Waals surface area contributed by atoms with Crippen LogP contribution in [-0.4, -0.2) is 21.7 Å². The van der Waals surface area contributed by atoms with Crippen molar-refractivity contribution in [2.45, 2.75) is 6.92 Å². The molecule has 0 aliphatic carbocycles. The largest absolute Gasteiger partial charge is 0.477 e. The molecule has 1 aromatic carbocycles. The van der Waals surface area contributed by atoms with Crippen LogP contribution in [0.25, 0.3) is 0 Å². The van der Waals surface area contributed by atoms with Gasteiger partial charge in [-0.2, -0.15) is 0 Å². The van der Waals surface area contributed by atoms with Crippen LogP contribution in [0, 0.1) is 10.1 Å². The first kappa shape index (κ1) is 11.6. The zero-order valence-corrected chi connectivity index (χ0v) is 8.38. The zero-order chi connectivity index (χ0) is 12.3. The number of nitrogen functional groups attached to an aromatic ring is 1. The maximum absolute atomic E-state index is 10.5. The summed E-state index contributed by atoms with van der Waals surface area (Å²) < 4.78 is 0. The van der Waals surface area contributed by atoms with E-state index >= 15 is 0 Å². The Bertz CT molecular complexity index is 482. The average molecular weight is 223 g/mol. The molecular formula is C9H9N3O4. The highest BCUT2D eigenvalue weighted by molar-refractivity contribution is 6.35. The van der Waals surface area contributed by atoms with E-state index in [1.807, 2.05) is 0 Å². The number of benzene rings is 1. The Labute approximate surface area is 90.4 Å². The number of hydrogen-bond acceptors (Lipinski definition) is 5. The van der Waals surface area contributed by atoms with Crippen molar-refractivity contribution >= 4 is 28.7 Å². The molecule has 0 fully saturated rings. The lowest BCUT2D eigenvalue weighted by molar-refractivity contribution is -0.384. The standard InChI is InChI=1S/C9H9N3O4/c1-5(9(13)14)11-8-4-6(12(15)16)2-3-7(8)10/h2-4H,10H2,1H3,(H,13,14). The van der Waals surface area contributed by atoms with E-state index in [0.717, 1.165) is 6.07 Å². The maximum atomic E-state index is 10.5. The maximum Gasteiger partial charge on any atom is 0.349 e. The molecular weight excluding hydrogens is 214 g/mol. The second-order valence-corrected chi connectivity index (χ2v) is 3.00. The van der Waals surface area contributed by atoms with Crippen molar-refractivity contribution in [2.75, 3.05) is 5.73 Å². The second-order valence-electron chi connectivity index (χ2n) is 3.00. The number of nitrogens with two attached hydrogens (primary N) is 1. The normalized spacial score (nSPS) is 11.2.